The number of halogens is 1. The molecule has 3 N–H and O–H groups in total. The molecule has 3 rings (SSSR count). The maximum absolute atomic E-state index is 12.5. The van der Waals surface area contributed by atoms with E-state index in [1.54, 1.807) is 72.8 Å². The first-order valence-electron chi connectivity index (χ1n) is 9.26. The van der Waals surface area contributed by atoms with E-state index in [0.717, 1.165) is 5.56 Å². The minimum absolute atomic E-state index is 0.0378. The van der Waals surface area contributed by atoms with Crippen LogP contribution in [-0.2, 0) is 21.2 Å². The summed E-state index contributed by atoms with van der Waals surface area (Å²) in [5.74, 6) is -0.395. The highest BCUT2D eigenvalue weighted by Gasteiger charge is 2.14. The molecule has 0 aliphatic carbocycles. The Balaban J connectivity index is 1.60. The van der Waals surface area contributed by atoms with Gasteiger partial charge in [-0.2, -0.15) is 0 Å². The summed E-state index contributed by atoms with van der Waals surface area (Å²) < 4.78 is 27.4. The van der Waals surface area contributed by atoms with Crippen molar-refractivity contribution < 1.29 is 18.0 Å². The van der Waals surface area contributed by atoms with E-state index in [-0.39, 0.29) is 11.3 Å². The second-order valence-corrected chi connectivity index (χ2v) is 8.91. The average molecular weight is 458 g/mol. The topological polar surface area (TPSA) is 104 Å². The minimum Gasteiger partial charge on any atom is -0.298 e. The maximum Gasteiger partial charge on any atom is 0.269 e. The van der Waals surface area contributed by atoms with Crippen LogP contribution in [0.2, 0.25) is 0 Å². The van der Waals surface area contributed by atoms with Crippen molar-refractivity contribution in [1.82, 2.24) is 5.43 Å². The largest absolute Gasteiger partial charge is 0.298 e. The van der Waals surface area contributed by atoms with E-state index in [9.17, 15) is 18.0 Å². The fourth-order valence-electron chi connectivity index (χ4n) is 2.74. The third-order valence-corrected chi connectivity index (χ3v) is 5.85. The lowest BCUT2D eigenvalue weighted by Gasteiger charge is -2.11. The highest BCUT2D eigenvalue weighted by molar-refractivity contribution is 7.92. The summed E-state index contributed by atoms with van der Waals surface area (Å²) >= 11 is 5.38. The van der Waals surface area contributed by atoms with Crippen LogP contribution in [0.5, 0.6) is 0 Å². The Hall–Kier alpha value is -3.36. The number of sulfonamides is 1. The molecule has 3 aromatic carbocycles. The average Bonchev–Trinajstić information content (AvgIpc) is 2.73. The molecule has 0 fully saturated rings. The molecular weight excluding hydrogens is 438 g/mol. The Kier molecular flexibility index (Phi) is 6.94. The lowest BCUT2D eigenvalue weighted by atomic mass is 10.1. The smallest absolute Gasteiger partial charge is 0.269 e. The van der Waals surface area contributed by atoms with Gasteiger partial charge in [0, 0.05) is 17.7 Å². The number of hydrogen-bond acceptors (Lipinski definition) is 5. The van der Waals surface area contributed by atoms with Crippen molar-refractivity contribution in [1.29, 1.82) is 0 Å². The van der Waals surface area contributed by atoms with Crippen LogP contribution >= 0.6 is 11.6 Å². The van der Waals surface area contributed by atoms with E-state index in [1.807, 2.05) is 6.92 Å². The van der Waals surface area contributed by atoms with E-state index in [0.29, 0.717) is 22.5 Å². The molecule has 0 aliphatic rings. The lowest BCUT2D eigenvalue weighted by molar-refractivity contribution is -0.111. The molecule has 0 atom stereocenters. The predicted octanol–water partition coefficient (Wildman–Crippen LogP) is 3.86. The summed E-state index contributed by atoms with van der Waals surface area (Å²) in [6.07, 6.45) is 0.0378. The second-order valence-electron chi connectivity index (χ2n) is 6.81. The normalized spacial score (nSPS) is 10.9. The van der Waals surface area contributed by atoms with Crippen LogP contribution in [0.1, 0.15) is 21.5 Å². The first kappa shape index (κ1) is 22.3. The molecule has 0 saturated carbocycles. The summed E-state index contributed by atoms with van der Waals surface area (Å²) in [5, 5.41) is -0.506. The fraction of sp³-hybridized carbons (Fsp3) is 0.0909. The van der Waals surface area contributed by atoms with Gasteiger partial charge in [-0.3, -0.25) is 25.2 Å². The van der Waals surface area contributed by atoms with E-state index in [2.05, 4.69) is 15.6 Å². The molecule has 0 aromatic heterocycles. The summed E-state index contributed by atoms with van der Waals surface area (Å²) in [6.45, 7) is 1.88. The molecule has 0 spiro atoms. The number of nitrogens with one attached hydrogen (secondary N) is 3. The highest BCUT2D eigenvalue weighted by Crippen LogP contribution is 2.18. The van der Waals surface area contributed by atoms with Crippen molar-refractivity contribution in [3.8, 4) is 0 Å². The van der Waals surface area contributed by atoms with Crippen LogP contribution in [-0.4, -0.2) is 19.6 Å². The van der Waals surface area contributed by atoms with Gasteiger partial charge in [0.15, 0.2) is 0 Å². The van der Waals surface area contributed by atoms with Gasteiger partial charge in [0.25, 0.3) is 15.9 Å². The standard InChI is InChI=1S/C22H20ClN3O4S/c1-15-5-11-20(12-6-15)31(29,30)26-19-9-7-18(8-10-19)24-25-22(28)17-4-2-3-16(13-17)14-21(23)27/h2-13,24,26H,14H2,1H3,(H,25,28). The van der Waals surface area contributed by atoms with E-state index in [1.165, 1.54) is 0 Å². The molecule has 0 aliphatic heterocycles. The molecular formula is C22H20ClN3O4S. The molecule has 0 saturated heterocycles. The molecule has 1 amide bonds. The van der Waals surface area contributed by atoms with Gasteiger partial charge in [0.2, 0.25) is 5.24 Å². The van der Waals surface area contributed by atoms with Gasteiger partial charge < -0.3 is 0 Å². The van der Waals surface area contributed by atoms with Gasteiger partial charge in [-0.15, -0.1) is 0 Å². The summed E-state index contributed by atoms with van der Waals surface area (Å²) in [6, 6.07) is 19.5. The summed E-state index contributed by atoms with van der Waals surface area (Å²) in [7, 11) is -3.69. The molecule has 0 heterocycles. The number of carbonyl (C=O) groups is 2. The molecule has 0 unspecified atom stereocenters. The van der Waals surface area contributed by atoms with Gasteiger partial charge in [0.05, 0.1) is 10.6 Å². The molecule has 7 nitrogen and oxygen atoms in total. The number of aryl methyl sites for hydroxylation is 1. The van der Waals surface area contributed by atoms with Crippen LogP contribution in [0.25, 0.3) is 0 Å². The zero-order chi connectivity index (χ0) is 22.4. The number of amides is 1. The number of hydrazine groups is 1. The van der Waals surface area contributed by atoms with Crippen molar-refractivity contribution in [2.24, 2.45) is 0 Å². The Labute approximate surface area is 185 Å². The third-order valence-electron chi connectivity index (χ3n) is 4.32. The lowest BCUT2D eigenvalue weighted by Crippen LogP contribution is -2.29. The Morgan fingerprint density at radius 3 is 2.19 bits per heavy atom. The van der Waals surface area contributed by atoms with Crippen molar-refractivity contribution >= 4 is 44.1 Å². The van der Waals surface area contributed by atoms with Gasteiger partial charge in [-0.05, 0) is 72.6 Å². The second kappa shape index (κ2) is 9.63. The first-order valence-corrected chi connectivity index (χ1v) is 11.1. The van der Waals surface area contributed by atoms with E-state index in [4.69, 9.17) is 11.6 Å². The zero-order valence-corrected chi connectivity index (χ0v) is 18.1. The number of carbonyl (C=O) groups excluding carboxylic acids is 2. The van der Waals surface area contributed by atoms with Crippen molar-refractivity contribution in [2.75, 3.05) is 10.1 Å². The zero-order valence-electron chi connectivity index (χ0n) is 16.6. The van der Waals surface area contributed by atoms with Crippen molar-refractivity contribution in [2.45, 2.75) is 18.2 Å². The van der Waals surface area contributed by atoms with Crippen LogP contribution < -0.4 is 15.6 Å². The Morgan fingerprint density at radius 1 is 0.903 bits per heavy atom. The maximum atomic E-state index is 12.5. The van der Waals surface area contributed by atoms with E-state index < -0.39 is 21.2 Å². The van der Waals surface area contributed by atoms with Gasteiger partial charge in [-0.25, -0.2) is 8.42 Å². The summed E-state index contributed by atoms with van der Waals surface area (Å²) in [4.78, 5) is 23.5. The van der Waals surface area contributed by atoms with Crippen LogP contribution in [0.4, 0.5) is 11.4 Å². The molecule has 0 bridgehead atoms. The first-order chi connectivity index (χ1) is 14.7. The molecule has 9 heteroatoms. The van der Waals surface area contributed by atoms with Crippen LogP contribution in [0, 0.1) is 6.92 Å². The molecule has 3 aromatic rings. The monoisotopic (exact) mass is 457 g/mol. The van der Waals surface area contributed by atoms with Crippen molar-refractivity contribution in [3.05, 3.63) is 89.5 Å². The Bertz CT molecular complexity index is 1190. The third kappa shape index (κ3) is 6.31. The quantitative estimate of drug-likeness (QED) is 0.352. The fourth-order valence-corrected chi connectivity index (χ4v) is 3.95. The van der Waals surface area contributed by atoms with Gasteiger partial charge in [-0.1, -0.05) is 29.8 Å². The number of rotatable bonds is 8. The minimum atomic E-state index is -3.69. The number of anilines is 2. The predicted molar refractivity (Wildman–Crippen MR) is 121 cm³/mol. The van der Waals surface area contributed by atoms with Gasteiger partial charge >= 0.3 is 0 Å². The number of benzene rings is 3. The highest BCUT2D eigenvalue weighted by atomic mass is 35.5. The number of hydrogen-bond donors (Lipinski definition) is 3. The molecule has 160 valence electrons. The van der Waals surface area contributed by atoms with Crippen LogP contribution in [0.15, 0.2) is 77.7 Å². The van der Waals surface area contributed by atoms with Gasteiger partial charge in [0.1, 0.15) is 0 Å². The van der Waals surface area contributed by atoms with Crippen molar-refractivity contribution in [3.63, 3.8) is 0 Å². The molecule has 31 heavy (non-hydrogen) atoms. The SMILES string of the molecule is Cc1ccc(S(=O)(=O)Nc2ccc(NNC(=O)c3cccc(CC(=O)Cl)c3)cc2)cc1. The summed E-state index contributed by atoms with van der Waals surface area (Å²) in [5.41, 5.74) is 8.22. The van der Waals surface area contributed by atoms with E-state index >= 15 is 0 Å². The Morgan fingerprint density at radius 2 is 1.55 bits per heavy atom. The van der Waals surface area contributed by atoms with Crippen LogP contribution in [0.3, 0.4) is 0 Å². The molecule has 0 radical (unpaired) electrons.